The van der Waals surface area contributed by atoms with E-state index in [1.165, 1.54) is 21.8 Å². The lowest BCUT2D eigenvalue weighted by Crippen LogP contribution is -2.25. The number of rotatable bonds is 3. The first-order valence-corrected chi connectivity index (χ1v) is 11.6. The summed E-state index contributed by atoms with van der Waals surface area (Å²) in [5.74, 6) is -0.645. The lowest BCUT2D eigenvalue weighted by molar-refractivity contribution is 0.0828. The summed E-state index contributed by atoms with van der Waals surface area (Å²) in [6, 6.07) is 4.86. The lowest BCUT2D eigenvalue weighted by Gasteiger charge is -2.16. The van der Waals surface area contributed by atoms with Gasteiger partial charge in [0.05, 0.1) is 11.3 Å². The van der Waals surface area contributed by atoms with Gasteiger partial charge in [-0.05, 0) is 48.8 Å². The van der Waals surface area contributed by atoms with E-state index in [0.29, 0.717) is 20.8 Å². The Morgan fingerprint density at radius 2 is 1.72 bits per heavy atom. The summed E-state index contributed by atoms with van der Waals surface area (Å²) in [7, 11) is 4.90. The van der Waals surface area contributed by atoms with Crippen molar-refractivity contribution >= 4 is 72.6 Å². The minimum atomic E-state index is -0.414. The molecule has 176 valence electrons. The van der Waals surface area contributed by atoms with Crippen LogP contribution in [0.5, 0.6) is 0 Å². The van der Waals surface area contributed by atoms with Crippen molar-refractivity contribution in [1.82, 2.24) is 14.7 Å². The Balaban J connectivity index is 0.000000906. The minimum absolute atomic E-state index is 0.220. The van der Waals surface area contributed by atoms with Gasteiger partial charge in [-0.15, -0.1) is 0 Å². The van der Waals surface area contributed by atoms with Gasteiger partial charge in [-0.25, -0.2) is 0 Å². The van der Waals surface area contributed by atoms with Crippen LogP contribution in [0.3, 0.4) is 0 Å². The summed E-state index contributed by atoms with van der Waals surface area (Å²) in [4.78, 5) is 26.2. The summed E-state index contributed by atoms with van der Waals surface area (Å²) in [5, 5.41) is 7.51. The third kappa shape index (κ3) is 10.2. The molecule has 2 amide bonds. The Kier molecular flexibility index (Phi) is 14.2. The van der Waals surface area contributed by atoms with E-state index in [1.54, 1.807) is 40.2 Å². The number of carbonyl (C=O) groups excluding carboxylic acids is 2. The molecule has 1 heterocycles. The molecular weight excluding hydrogens is 585 g/mol. The Morgan fingerprint density at radius 3 is 2.09 bits per heavy atom. The van der Waals surface area contributed by atoms with Gasteiger partial charge >= 0.3 is 0 Å². The van der Waals surface area contributed by atoms with Crippen molar-refractivity contribution < 1.29 is 9.59 Å². The second kappa shape index (κ2) is 15.1. The predicted molar refractivity (Wildman–Crippen MR) is 140 cm³/mol. The number of nitrogens with one attached hydrogen (secondary N) is 1. The second-order valence-electron chi connectivity index (χ2n) is 6.36. The molecule has 2 rings (SSSR count). The molecule has 0 bridgehead atoms. The number of hydrogen-bond donors (Lipinski definition) is 2. The summed E-state index contributed by atoms with van der Waals surface area (Å²) < 4.78 is 2.67. The average Bonchev–Trinajstić information content (AvgIpc) is 3.07. The molecule has 0 unspecified atom stereocenters. The maximum absolute atomic E-state index is 12.4. The molecule has 32 heavy (non-hydrogen) atoms. The van der Waals surface area contributed by atoms with Crippen LogP contribution >= 0.6 is 55.1 Å². The number of halogens is 4. The number of benzene rings is 1. The number of anilines is 1. The maximum atomic E-state index is 12.4. The molecule has 0 saturated carbocycles. The molecule has 1 aromatic carbocycles. The van der Waals surface area contributed by atoms with Crippen LogP contribution in [0.1, 0.15) is 41.6 Å². The molecule has 0 aliphatic heterocycles. The molecule has 0 saturated heterocycles. The molecule has 0 radical (unpaired) electrons. The van der Waals surface area contributed by atoms with Gasteiger partial charge in [0.2, 0.25) is 0 Å². The van der Waals surface area contributed by atoms with Crippen LogP contribution < -0.4 is 11.1 Å². The quantitative estimate of drug-likeness (QED) is 0.405. The molecule has 7 nitrogen and oxygen atoms in total. The first-order chi connectivity index (χ1) is 14.9. The standard InChI is InChI=1S/C14H13Br2ClN4O2.C4H8.C3H6ClN/c1-20(2)14(23)8-4-7(15)5-9(16)12(8)18-13(22)10-6-11(17)19-21(10)3;1-3-4-2;1-3(4)2-5/h4-6H,1-3H3,(H,18,22);3-4H,1-2H3;2H,5H2,1H3/b;4-3-;3-2+. The van der Waals surface area contributed by atoms with E-state index in [0.717, 1.165) is 4.47 Å². The number of amides is 2. The smallest absolute Gasteiger partial charge is 0.274 e. The highest BCUT2D eigenvalue weighted by Gasteiger charge is 2.21. The van der Waals surface area contributed by atoms with Gasteiger partial charge in [0.25, 0.3) is 11.8 Å². The lowest BCUT2D eigenvalue weighted by atomic mass is 10.1. The minimum Gasteiger partial charge on any atom is -0.404 e. The molecule has 2 aromatic rings. The van der Waals surface area contributed by atoms with E-state index in [-0.39, 0.29) is 16.8 Å². The highest BCUT2D eigenvalue weighted by atomic mass is 79.9. The van der Waals surface area contributed by atoms with Crippen LogP contribution in [0.15, 0.2) is 50.5 Å². The number of nitrogens with zero attached hydrogens (tertiary/aromatic N) is 3. The maximum Gasteiger partial charge on any atom is 0.274 e. The zero-order valence-corrected chi connectivity index (χ0v) is 23.4. The summed E-state index contributed by atoms with van der Waals surface area (Å²) in [6.45, 7) is 5.72. The normalized spacial score (nSPS) is 10.6. The van der Waals surface area contributed by atoms with Crippen LogP contribution in [0.4, 0.5) is 5.69 Å². The van der Waals surface area contributed by atoms with Crippen LogP contribution in [0.2, 0.25) is 5.15 Å². The van der Waals surface area contributed by atoms with Gasteiger partial charge < -0.3 is 16.0 Å². The fourth-order valence-electron chi connectivity index (χ4n) is 1.93. The molecule has 0 aliphatic carbocycles. The van der Waals surface area contributed by atoms with E-state index in [9.17, 15) is 9.59 Å². The van der Waals surface area contributed by atoms with Crippen molar-refractivity contribution in [3.8, 4) is 0 Å². The SMILES string of the molecule is C/C(Cl)=C\N.C/C=C\C.CN(C)C(=O)c1cc(Br)cc(Br)c1NC(=O)c1cc(Cl)nn1C. The Labute approximate surface area is 215 Å². The van der Waals surface area contributed by atoms with Crippen LogP contribution in [-0.4, -0.2) is 40.6 Å². The Hall–Kier alpha value is -1.81. The average molecular weight is 612 g/mol. The fraction of sp³-hybridized carbons (Fsp3) is 0.286. The molecular formula is C21H27Br2Cl2N5O2. The van der Waals surface area contributed by atoms with E-state index in [4.69, 9.17) is 28.9 Å². The van der Waals surface area contributed by atoms with Crippen LogP contribution in [-0.2, 0) is 7.05 Å². The molecule has 0 fully saturated rings. The predicted octanol–water partition coefficient (Wildman–Crippen LogP) is 6.18. The second-order valence-corrected chi connectivity index (χ2v) is 9.11. The topological polar surface area (TPSA) is 93.2 Å². The Morgan fingerprint density at radius 1 is 1.19 bits per heavy atom. The van der Waals surface area contributed by atoms with E-state index in [2.05, 4.69) is 42.3 Å². The summed E-state index contributed by atoms with van der Waals surface area (Å²) in [5.41, 5.74) is 5.91. The zero-order chi connectivity index (χ0) is 25.0. The van der Waals surface area contributed by atoms with Gasteiger partial charge in [-0.2, -0.15) is 5.10 Å². The first-order valence-electron chi connectivity index (χ1n) is 9.22. The van der Waals surface area contributed by atoms with Crippen molar-refractivity contribution in [3.63, 3.8) is 0 Å². The highest BCUT2D eigenvalue weighted by Crippen LogP contribution is 2.32. The van der Waals surface area contributed by atoms with Crippen molar-refractivity contribution in [1.29, 1.82) is 0 Å². The number of nitrogens with two attached hydrogens (primary N) is 1. The van der Waals surface area contributed by atoms with Gasteiger partial charge in [-0.1, -0.05) is 51.3 Å². The fourth-order valence-corrected chi connectivity index (χ4v) is 3.47. The monoisotopic (exact) mass is 609 g/mol. The molecule has 11 heteroatoms. The van der Waals surface area contributed by atoms with Crippen molar-refractivity contribution in [2.75, 3.05) is 19.4 Å². The van der Waals surface area contributed by atoms with Gasteiger partial charge in [0.1, 0.15) is 5.69 Å². The van der Waals surface area contributed by atoms with E-state index >= 15 is 0 Å². The molecule has 0 aliphatic rings. The third-order valence-corrected chi connectivity index (χ3v) is 4.97. The molecule has 1 aromatic heterocycles. The van der Waals surface area contributed by atoms with Gasteiger partial charge in [0.15, 0.2) is 5.15 Å². The van der Waals surface area contributed by atoms with Crippen molar-refractivity contribution in [2.45, 2.75) is 20.8 Å². The van der Waals surface area contributed by atoms with Crippen LogP contribution in [0, 0.1) is 0 Å². The number of carbonyl (C=O) groups is 2. The van der Waals surface area contributed by atoms with Gasteiger partial charge in [-0.3, -0.25) is 14.3 Å². The molecule has 0 spiro atoms. The van der Waals surface area contributed by atoms with Gasteiger partial charge in [0, 0.05) is 47.4 Å². The summed E-state index contributed by atoms with van der Waals surface area (Å²) >= 11 is 17.7. The third-order valence-electron chi connectivity index (χ3n) is 3.58. The van der Waals surface area contributed by atoms with Crippen molar-refractivity contribution in [3.05, 3.63) is 66.9 Å². The Bertz CT molecular complexity index is 981. The number of hydrogen-bond acceptors (Lipinski definition) is 4. The largest absolute Gasteiger partial charge is 0.404 e. The molecule has 0 atom stereocenters. The molecule has 3 N–H and O–H groups in total. The van der Waals surface area contributed by atoms with Crippen molar-refractivity contribution in [2.24, 2.45) is 12.8 Å². The van der Waals surface area contributed by atoms with E-state index in [1.807, 2.05) is 26.0 Å². The number of allylic oxidation sites excluding steroid dienone is 3. The number of aryl methyl sites for hydroxylation is 1. The highest BCUT2D eigenvalue weighted by molar-refractivity contribution is 9.11. The first kappa shape index (κ1) is 30.2. The summed E-state index contributed by atoms with van der Waals surface area (Å²) in [6.07, 6.45) is 5.35. The number of aromatic nitrogens is 2. The van der Waals surface area contributed by atoms with E-state index < -0.39 is 5.91 Å². The zero-order valence-electron chi connectivity index (χ0n) is 18.7. The van der Waals surface area contributed by atoms with Crippen LogP contribution in [0.25, 0.3) is 0 Å².